The van der Waals surface area contributed by atoms with Crippen molar-refractivity contribution in [2.45, 2.75) is 18.9 Å². The zero-order valence-electron chi connectivity index (χ0n) is 8.45. The van der Waals surface area contributed by atoms with Crippen molar-refractivity contribution in [3.63, 3.8) is 0 Å². The number of rotatable bonds is 4. The smallest absolute Gasteiger partial charge is 0.234 e. The molecule has 0 bridgehead atoms. The summed E-state index contributed by atoms with van der Waals surface area (Å²) in [7, 11) is 1.74. The lowest BCUT2D eigenvalue weighted by atomic mass is 10.1. The van der Waals surface area contributed by atoms with Crippen LogP contribution in [0.5, 0.6) is 0 Å². The van der Waals surface area contributed by atoms with Crippen molar-refractivity contribution < 1.29 is 9.59 Å². The summed E-state index contributed by atoms with van der Waals surface area (Å²) in [6, 6.07) is 0.229. The third kappa shape index (κ3) is 3.33. The monoisotopic (exact) mass is 199 g/mol. The van der Waals surface area contributed by atoms with E-state index in [1.807, 2.05) is 0 Å². The summed E-state index contributed by atoms with van der Waals surface area (Å²) < 4.78 is 0. The van der Waals surface area contributed by atoms with Crippen molar-refractivity contribution >= 4 is 12.3 Å². The molecule has 0 unspecified atom stereocenters. The Hall–Kier alpha value is -1.10. The second-order valence-electron chi connectivity index (χ2n) is 3.51. The van der Waals surface area contributed by atoms with E-state index < -0.39 is 0 Å². The summed E-state index contributed by atoms with van der Waals surface area (Å²) >= 11 is 0. The fourth-order valence-corrected chi connectivity index (χ4v) is 1.59. The molecule has 0 radical (unpaired) electrons. The summed E-state index contributed by atoms with van der Waals surface area (Å²) in [5.41, 5.74) is 0. The summed E-state index contributed by atoms with van der Waals surface area (Å²) in [6.07, 6.45) is 2.58. The van der Waals surface area contributed by atoms with Crippen molar-refractivity contribution in [3.8, 4) is 0 Å². The zero-order valence-corrected chi connectivity index (χ0v) is 8.45. The topological polar surface area (TPSA) is 61.4 Å². The lowest BCUT2D eigenvalue weighted by Gasteiger charge is -2.29. The molecule has 0 saturated carbocycles. The summed E-state index contributed by atoms with van der Waals surface area (Å²) in [5.74, 6) is 0.0250. The van der Waals surface area contributed by atoms with Crippen LogP contribution < -0.4 is 10.6 Å². The van der Waals surface area contributed by atoms with Gasteiger partial charge in [-0.1, -0.05) is 0 Å². The van der Waals surface area contributed by atoms with Crippen LogP contribution in [0.2, 0.25) is 0 Å². The number of likely N-dealkylation sites (N-methyl/N-ethyl adjacent to an activating group) is 1. The quantitative estimate of drug-likeness (QED) is 0.568. The molecule has 0 aromatic carbocycles. The third-order valence-electron chi connectivity index (χ3n) is 2.38. The predicted octanol–water partition coefficient (Wildman–Crippen LogP) is -1.06. The Morgan fingerprint density at radius 2 is 2.14 bits per heavy atom. The van der Waals surface area contributed by atoms with Gasteiger partial charge < -0.3 is 15.5 Å². The maximum absolute atomic E-state index is 11.2. The first kappa shape index (κ1) is 11.0. The Bertz CT molecular complexity index is 200. The van der Waals surface area contributed by atoms with Gasteiger partial charge in [0.1, 0.15) is 0 Å². The molecule has 1 aliphatic heterocycles. The van der Waals surface area contributed by atoms with Gasteiger partial charge in [-0.15, -0.1) is 0 Å². The second-order valence-corrected chi connectivity index (χ2v) is 3.51. The minimum Gasteiger partial charge on any atom is -0.352 e. The molecule has 1 heterocycles. The van der Waals surface area contributed by atoms with Crippen LogP contribution in [0, 0.1) is 0 Å². The van der Waals surface area contributed by atoms with E-state index >= 15 is 0 Å². The van der Waals surface area contributed by atoms with Crippen LogP contribution in [-0.4, -0.2) is 49.9 Å². The van der Waals surface area contributed by atoms with Gasteiger partial charge in [0, 0.05) is 19.1 Å². The van der Waals surface area contributed by atoms with E-state index in [2.05, 4.69) is 10.6 Å². The summed E-state index contributed by atoms with van der Waals surface area (Å²) in [6.45, 7) is 1.84. The molecule has 0 spiro atoms. The molecule has 2 amide bonds. The highest BCUT2D eigenvalue weighted by atomic mass is 16.2. The van der Waals surface area contributed by atoms with Gasteiger partial charge in [-0.25, -0.2) is 0 Å². The number of hydrogen-bond acceptors (Lipinski definition) is 3. The van der Waals surface area contributed by atoms with Crippen LogP contribution in [0.15, 0.2) is 0 Å². The van der Waals surface area contributed by atoms with E-state index in [0.717, 1.165) is 32.3 Å². The fourth-order valence-electron chi connectivity index (χ4n) is 1.59. The minimum absolute atomic E-state index is 0.0250. The van der Waals surface area contributed by atoms with E-state index in [1.54, 1.807) is 11.9 Å². The van der Waals surface area contributed by atoms with Crippen LogP contribution in [0.4, 0.5) is 0 Å². The van der Waals surface area contributed by atoms with Gasteiger partial charge in [-0.2, -0.15) is 0 Å². The molecule has 1 saturated heterocycles. The molecule has 1 aliphatic rings. The summed E-state index contributed by atoms with van der Waals surface area (Å²) in [5, 5.41) is 5.72. The molecular formula is C9H17N3O2. The van der Waals surface area contributed by atoms with Crippen molar-refractivity contribution in [2.24, 2.45) is 0 Å². The van der Waals surface area contributed by atoms with Crippen LogP contribution >= 0.6 is 0 Å². The lowest BCUT2D eigenvalue weighted by molar-refractivity contribution is -0.121. The van der Waals surface area contributed by atoms with Crippen molar-refractivity contribution in [1.29, 1.82) is 0 Å². The number of hydrogen-bond donors (Lipinski definition) is 2. The number of nitrogens with one attached hydrogen (secondary N) is 2. The van der Waals surface area contributed by atoms with Gasteiger partial charge in [0.15, 0.2) is 0 Å². The predicted molar refractivity (Wildman–Crippen MR) is 52.7 cm³/mol. The molecule has 0 aliphatic carbocycles. The molecular weight excluding hydrogens is 182 g/mol. The van der Waals surface area contributed by atoms with E-state index in [4.69, 9.17) is 0 Å². The zero-order chi connectivity index (χ0) is 10.4. The first-order valence-electron chi connectivity index (χ1n) is 4.89. The highest BCUT2D eigenvalue weighted by Gasteiger charge is 2.18. The number of amides is 2. The molecule has 14 heavy (non-hydrogen) atoms. The van der Waals surface area contributed by atoms with E-state index in [1.165, 1.54) is 0 Å². The molecule has 1 rings (SSSR count). The van der Waals surface area contributed by atoms with E-state index in [-0.39, 0.29) is 11.9 Å². The van der Waals surface area contributed by atoms with Crippen LogP contribution in [0.3, 0.4) is 0 Å². The van der Waals surface area contributed by atoms with Crippen molar-refractivity contribution in [2.75, 3.05) is 26.7 Å². The Balaban J connectivity index is 2.21. The third-order valence-corrected chi connectivity index (χ3v) is 2.38. The largest absolute Gasteiger partial charge is 0.352 e. The SMILES string of the molecule is CNCC(=O)NC1CCN(C=O)CC1. The standard InChI is InChI=1S/C9H17N3O2/c1-10-6-9(14)11-8-2-4-12(7-13)5-3-8/h7-8,10H,2-6H2,1H3,(H,11,14). The Labute approximate surface area is 83.8 Å². The average molecular weight is 199 g/mol. The highest BCUT2D eigenvalue weighted by molar-refractivity contribution is 5.78. The highest BCUT2D eigenvalue weighted by Crippen LogP contribution is 2.07. The normalized spacial score (nSPS) is 17.9. The second kappa shape index (κ2) is 5.59. The van der Waals surface area contributed by atoms with Gasteiger partial charge in [0.05, 0.1) is 6.54 Å². The van der Waals surface area contributed by atoms with Gasteiger partial charge in [-0.05, 0) is 19.9 Å². The van der Waals surface area contributed by atoms with Crippen LogP contribution in [0.25, 0.3) is 0 Å². The fraction of sp³-hybridized carbons (Fsp3) is 0.778. The van der Waals surface area contributed by atoms with Crippen LogP contribution in [-0.2, 0) is 9.59 Å². The molecule has 0 aromatic heterocycles. The number of nitrogens with zero attached hydrogens (tertiary/aromatic N) is 1. The van der Waals surface area contributed by atoms with Gasteiger partial charge in [0.2, 0.25) is 12.3 Å². The molecule has 5 heteroatoms. The average Bonchev–Trinajstić information content (AvgIpc) is 2.19. The number of carbonyl (C=O) groups excluding carboxylic acids is 2. The number of piperidine rings is 1. The van der Waals surface area contributed by atoms with E-state index in [9.17, 15) is 9.59 Å². The molecule has 0 atom stereocenters. The summed E-state index contributed by atoms with van der Waals surface area (Å²) in [4.78, 5) is 23.4. The van der Waals surface area contributed by atoms with Crippen molar-refractivity contribution in [1.82, 2.24) is 15.5 Å². The van der Waals surface area contributed by atoms with E-state index in [0.29, 0.717) is 6.54 Å². The number of likely N-dealkylation sites (tertiary alicyclic amines) is 1. The Morgan fingerprint density at radius 1 is 1.50 bits per heavy atom. The minimum atomic E-state index is 0.0250. The number of carbonyl (C=O) groups is 2. The first-order valence-corrected chi connectivity index (χ1v) is 4.89. The van der Waals surface area contributed by atoms with Crippen LogP contribution in [0.1, 0.15) is 12.8 Å². The molecule has 1 fully saturated rings. The molecule has 0 aromatic rings. The maximum atomic E-state index is 11.2. The van der Waals surface area contributed by atoms with Gasteiger partial charge >= 0.3 is 0 Å². The molecule has 5 nitrogen and oxygen atoms in total. The van der Waals surface area contributed by atoms with Gasteiger partial charge in [-0.3, -0.25) is 9.59 Å². The van der Waals surface area contributed by atoms with Crippen molar-refractivity contribution in [3.05, 3.63) is 0 Å². The lowest BCUT2D eigenvalue weighted by Crippen LogP contribution is -2.46. The molecule has 80 valence electrons. The first-order chi connectivity index (χ1) is 6.76. The van der Waals surface area contributed by atoms with Gasteiger partial charge in [0.25, 0.3) is 0 Å². The Kier molecular flexibility index (Phi) is 4.39. The maximum Gasteiger partial charge on any atom is 0.234 e. The Morgan fingerprint density at radius 3 is 2.64 bits per heavy atom. The molecule has 2 N–H and O–H groups in total.